The van der Waals surface area contributed by atoms with Crippen molar-refractivity contribution in [2.45, 2.75) is 6.92 Å². The SMILES string of the molecule is C=CCN(C(C)=O)c1ccccc1Br. The van der Waals surface area contributed by atoms with E-state index >= 15 is 0 Å². The van der Waals surface area contributed by atoms with E-state index in [9.17, 15) is 4.79 Å². The summed E-state index contributed by atoms with van der Waals surface area (Å²) in [6, 6.07) is 7.63. The van der Waals surface area contributed by atoms with E-state index in [1.54, 1.807) is 17.9 Å². The molecular weight excluding hydrogens is 242 g/mol. The fourth-order valence-electron chi connectivity index (χ4n) is 1.20. The minimum Gasteiger partial charge on any atom is -0.308 e. The molecule has 0 atom stereocenters. The molecule has 0 heterocycles. The number of amides is 1. The Morgan fingerprint density at radius 1 is 1.57 bits per heavy atom. The molecule has 0 aliphatic rings. The largest absolute Gasteiger partial charge is 0.308 e. The van der Waals surface area contributed by atoms with Crippen LogP contribution in [0.15, 0.2) is 41.4 Å². The molecule has 0 radical (unpaired) electrons. The third kappa shape index (κ3) is 2.45. The maximum Gasteiger partial charge on any atom is 0.224 e. The maximum atomic E-state index is 11.3. The van der Waals surface area contributed by atoms with Crippen LogP contribution in [0, 0.1) is 0 Å². The standard InChI is InChI=1S/C11H12BrNO/c1-3-8-13(9(2)14)11-7-5-4-6-10(11)12/h3-7H,1,8H2,2H3. The summed E-state index contributed by atoms with van der Waals surface area (Å²) in [4.78, 5) is 13.0. The first kappa shape index (κ1) is 11.0. The summed E-state index contributed by atoms with van der Waals surface area (Å²) in [6.07, 6.45) is 1.71. The topological polar surface area (TPSA) is 20.3 Å². The summed E-state index contributed by atoms with van der Waals surface area (Å²) in [5.74, 6) is 0.0109. The molecule has 0 N–H and O–H groups in total. The van der Waals surface area contributed by atoms with E-state index in [-0.39, 0.29) is 5.91 Å². The Bertz CT molecular complexity index is 349. The van der Waals surface area contributed by atoms with E-state index in [2.05, 4.69) is 22.5 Å². The average molecular weight is 254 g/mol. The van der Waals surface area contributed by atoms with Crippen LogP contribution in [0.3, 0.4) is 0 Å². The molecule has 0 spiro atoms. The number of carbonyl (C=O) groups excluding carboxylic acids is 1. The lowest BCUT2D eigenvalue weighted by Gasteiger charge is -2.20. The van der Waals surface area contributed by atoms with Gasteiger partial charge in [-0.2, -0.15) is 0 Å². The predicted molar refractivity (Wildman–Crippen MR) is 62.4 cm³/mol. The normalized spacial score (nSPS) is 9.57. The molecule has 2 nitrogen and oxygen atoms in total. The third-order valence-corrected chi connectivity index (χ3v) is 2.51. The van der Waals surface area contributed by atoms with Gasteiger partial charge in [-0.3, -0.25) is 4.79 Å². The van der Waals surface area contributed by atoms with Gasteiger partial charge in [0.05, 0.1) is 5.69 Å². The Balaban J connectivity index is 3.04. The average Bonchev–Trinajstić information content (AvgIpc) is 2.15. The maximum absolute atomic E-state index is 11.3. The number of halogens is 1. The highest BCUT2D eigenvalue weighted by molar-refractivity contribution is 9.10. The summed E-state index contributed by atoms with van der Waals surface area (Å²) in [5, 5.41) is 0. The van der Waals surface area contributed by atoms with Gasteiger partial charge in [0.15, 0.2) is 0 Å². The fraction of sp³-hybridized carbons (Fsp3) is 0.182. The van der Waals surface area contributed by atoms with Crippen LogP contribution in [0.25, 0.3) is 0 Å². The number of para-hydroxylation sites is 1. The molecule has 1 aromatic rings. The zero-order chi connectivity index (χ0) is 10.6. The summed E-state index contributed by atoms with van der Waals surface area (Å²) < 4.78 is 0.914. The van der Waals surface area contributed by atoms with Gasteiger partial charge < -0.3 is 4.90 Å². The van der Waals surface area contributed by atoms with Crippen LogP contribution in [0.2, 0.25) is 0 Å². The Morgan fingerprint density at radius 2 is 2.21 bits per heavy atom. The molecule has 1 amide bonds. The highest BCUT2D eigenvalue weighted by Crippen LogP contribution is 2.25. The lowest BCUT2D eigenvalue weighted by atomic mass is 10.3. The van der Waals surface area contributed by atoms with Crippen molar-refractivity contribution in [2.24, 2.45) is 0 Å². The van der Waals surface area contributed by atoms with Crippen molar-refractivity contribution in [1.29, 1.82) is 0 Å². The quantitative estimate of drug-likeness (QED) is 0.759. The molecule has 1 aromatic carbocycles. The van der Waals surface area contributed by atoms with Crippen molar-refractivity contribution in [3.05, 3.63) is 41.4 Å². The van der Waals surface area contributed by atoms with Crippen LogP contribution in [-0.2, 0) is 4.79 Å². The van der Waals surface area contributed by atoms with Crippen molar-refractivity contribution in [1.82, 2.24) is 0 Å². The number of hydrogen-bond donors (Lipinski definition) is 0. The molecule has 0 saturated carbocycles. The van der Waals surface area contributed by atoms with Crippen LogP contribution >= 0.6 is 15.9 Å². The molecule has 0 aromatic heterocycles. The Kier molecular flexibility index (Phi) is 3.89. The van der Waals surface area contributed by atoms with E-state index in [4.69, 9.17) is 0 Å². The van der Waals surface area contributed by atoms with Crippen LogP contribution in [0.5, 0.6) is 0 Å². The summed E-state index contributed by atoms with van der Waals surface area (Å²) in [7, 11) is 0. The molecule has 3 heteroatoms. The molecule has 0 aliphatic heterocycles. The number of hydrogen-bond acceptors (Lipinski definition) is 1. The van der Waals surface area contributed by atoms with Gasteiger partial charge in [0, 0.05) is 17.9 Å². The van der Waals surface area contributed by atoms with Crippen molar-refractivity contribution in [3.63, 3.8) is 0 Å². The van der Waals surface area contributed by atoms with Crippen molar-refractivity contribution >= 4 is 27.5 Å². The first-order valence-electron chi connectivity index (χ1n) is 4.30. The lowest BCUT2D eigenvalue weighted by Crippen LogP contribution is -2.28. The van der Waals surface area contributed by atoms with Crippen molar-refractivity contribution < 1.29 is 4.79 Å². The molecular formula is C11H12BrNO. The monoisotopic (exact) mass is 253 g/mol. The number of benzene rings is 1. The molecule has 0 aliphatic carbocycles. The summed E-state index contributed by atoms with van der Waals surface area (Å²) in [6.45, 7) is 5.70. The lowest BCUT2D eigenvalue weighted by molar-refractivity contribution is -0.116. The zero-order valence-electron chi connectivity index (χ0n) is 8.03. The van der Waals surface area contributed by atoms with Crippen molar-refractivity contribution in [3.8, 4) is 0 Å². The van der Waals surface area contributed by atoms with Gasteiger partial charge in [0.1, 0.15) is 0 Å². The van der Waals surface area contributed by atoms with Crippen LogP contribution in [0.1, 0.15) is 6.92 Å². The van der Waals surface area contributed by atoms with Crippen LogP contribution in [0.4, 0.5) is 5.69 Å². The minimum atomic E-state index is 0.0109. The van der Waals surface area contributed by atoms with Gasteiger partial charge in [0.2, 0.25) is 5.91 Å². The van der Waals surface area contributed by atoms with E-state index in [1.165, 1.54) is 0 Å². The first-order valence-corrected chi connectivity index (χ1v) is 5.09. The Labute approximate surface area is 92.4 Å². The third-order valence-electron chi connectivity index (χ3n) is 1.84. The van der Waals surface area contributed by atoms with Crippen LogP contribution < -0.4 is 4.90 Å². The zero-order valence-corrected chi connectivity index (χ0v) is 9.62. The number of nitrogens with zero attached hydrogens (tertiary/aromatic N) is 1. The second-order valence-electron chi connectivity index (χ2n) is 2.87. The number of anilines is 1. The number of carbonyl (C=O) groups is 1. The Hall–Kier alpha value is -1.09. The number of rotatable bonds is 3. The van der Waals surface area contributed by atoms with E-state index in [0.717, 1.165) is 10.2 Å². The van der Waals surface area contributed by atoms with Gasteiger partial charge in [-0.05, 0) is 28.1 Å². The Morgan fingerprint density at radius 3 is 2.71 bits per heavy atom. The highest BCUT2D eigenvalue weighted by Gasteiger charge is 2.11. The van der Waals surface area contributed by atoms with E-state index < -0.39 is 0 Å². The molecule has 74 valence electrons. The molecule has 0 bridgehead atoms. The second kappa shape index (κ2) is 4.96. The highest BCUT2D eigenvalue weighted by atomic mass is 79.9. The summed E-state index contributed by atoms with van der Waals surface area (Å²) in [5.41, 5.74) is 0.875. The molecule has 14 heavy (non-hydrogen) atoms. The smallest absolute Gasteiger partial charge is 0.224 e. The van der Waals surface area contributed by atoms with E-state index in [0.29, 0.717) is 6.54 Å². The molecule has 0 saturated heterocycles. The van der Waals surface area contributed by atoms with Crippen molar-refractivity contribution in [2.75, 3.05) is 11.4 Å². The van der Waals surface area contributed by atoms with Gasteiger partial charge in [-0.25, -0.2) is 0 Å². The summed E-state index contributed by atoms with van der Waals surface area (Å²) >= 11 is 3.41. The van der Waals surface area contributed by atoms with Gasteiger partial charge >= 0.3 is 0 Å². The van der Waals surface area contributed by atoms with Crippen LogP contribution in [-0.4, -0.2) is 12.5 Å². The predicted octanol–water partition coefficient (Wildman–Crippen LogP) is 2.99. The van der Waals surface area contributed by atoms with Gasteiger partial charge in [-0.1, -0.05) is 18.2 Å². The molecule has 0 unspecified atom stereocenters. The fourth-order valence-corrected chi connectivity index (χ4v) is 1.70. The second-order valence-corrected chi connectivity index (χ2v) is 3.72. The molecule has 1 rings (SSSR count). The van der Waals surface area contributed by atoms with Gasteiger partial charge in [-0.15, -0.1) is 6.58 Å². The van der Waals surface area contributed by atoms with E-state index in [1.807, 2.05) is 24.3 Å². The molecule has 0 fully saturated rings. The van der Waals surface area contributed by atoms with Gasteiger partial charge in [0.25, 0.3) is 0 Å². The minimum absolute atomic E-state index is 0.0109. The first-order chi connectivity index (χ1) is 6.66.